The molecule has 7 heteroatoms. The highest BCUT2D eigenvalue weighted by molar-refractivity contribution is 5.89. The van der Waals surface area contributed by atoms with Crippen LogP contribution in [0.15, 0.2) is 36.4 Å². The van der Waals surface area contributed by atoms with Crippen molar-refractivity contribution in [3.63, 3.8) is 0 Å². The van der Waals surface area contributed by atoms with Gasteiger partial charge >= 0.3 is 0 Å². The molecule has 29 heavy (non-hydrogen) atoms. The van der Waals surface area contributed by atoms with Crippen LogP contribution in [0.25, 0.3) is 10.8 Å². The summed E-state index contributed by atoms with van der Waals surface area (Å²) in [6.07, 6.45) is 3.31. The molecule has 1 heterocycles. The number of piperazine rings is 1. The Labute approximate surface area is 171 Å². The van der Waals surface area contributed by atoms with E-state index in [0.29, 0.717) is 26.2 Å². The molecule has 0 aliphatic carbocycles. The summed E-state index contributed by atoms with van der Waals surface area (Å²) in [6, 6.07) is 11.7. The maximum absolute atomic E-state index is 12.4. The summed E-state index contributed by atoms with van der Waals surface area (Å²) in [5, 5.41) is 5.08. The van der Waals surface area contributed by atoms with Gasteiger partial charge in [0.25, 0.3) is 0 Å². The fourth-order valence-corrected chi connectivity index (χ4v) is 3.76. The fraction of sp³-hybridized carbons (Fsp3) is 0.455. The van der Waals surface area contributed by atoms with E-state index in [1.807, 2.05) is 23.1 Å². The Balaban J connectivity index is 1.89. The smallest absolute Gasteiger partial charge is 0.237 e. The number of hydrogen-bond donors (Lipinski definition) is 3. The Kier molecular flexibility index (Phi) is 7.43. The molecule has 3 rings (SSSR count). The molecule has 1 atom stereocenters. The summed E-state index contributed by atoms with van der Waals surface area (Å²) < 4.78 is 6.13. The van der Waals surface area contributed by atoms with E-state index in [9.17, 15) is 9.59 Å². The first kappa shape index (κ1) is 21.1. The number of rotatable bonds is 9. The van der Waals surface area contributed by atoms with E-state index in [1.54, 1.807) is 0 Å². The Bertz CT molecular complexity index is 855. The molecule has 1 aliphatic heterocycles. The molecule has 0 bridgehead atoms. The lowest BCUT2D eigenvalue weighted by molar-refractivity contribution is -0.134. The number of benzene rings is 2. The van der Waals surface area contributed by atoms with Crippen molar-refractivity contribution in [2.45, 2.75) is 45.2 Å². The number of amides is 2. The van der Waals surface area contributed by atoms with Crippen LogP contribution in [-0.4, -0.2) is 42.5 Å². The number of hydrazine groups is 1. The van der Waals surface area contributed by atoms with Crippen molar-refractivity contribution < 1.29 is 14.3 Å². The van der Waals surface area contributed by atoms with Gasteiger partial charge in [0.05, 0.1) is 19.1 Å². The van der Waals surface area contributed by atoms with Crippen molar-refractivity contribution in [3.05, 3.63) is 42.0 Å². The van der Waals surface area contributed by atoms with Crippen LogP contribution < -0.4 is 21.3 Å². The van der Waals surface area contributed by atoms with Gasteiger partial charge in [0.2, 0.25) is 11.8 Å². The number of carbonyl (C=O) groups excluding carboxylic acids is 2. The second-order valence-electron chi connectivity index (χ2n) is 7.37. The van der Waals surface area contributed by atoms with Gasteiger partial charge in [-0.05, 0) is 23.3 Å². The molecule has 0 radical (unpaired) electrons. The van der Waals surface area contributed by atoms with Gasteiger partial charge < -0.3 is 10.1 Å². The van der Waals surface area contributed by atoms with Crippen molar-refractivity contribution in [2.75, 3.05) is 19.7 Å². The van der Waals surface area contributed by atoms with Crippen LogP contribution in [0.2, 0.25) is 0 Å². The van der Waals surface area contributed by atoms with E-state index in [2.05, 4.69) is 35.9 Å². The van der Waals surface area contributed by atoms with E-state index in [-0.39, 0.29) is 18.2 Å². The molecule has 1 saturated heterocycles. The molecule has 0 spiro atoms. The summed E-state index contributed by atoms with van der Waals surface area (Å²) in [6.45, 7) is 4.57. The number of ether oxygens (including phenoxy) is 1. The molecule has 7 nitrogen and oxygen atoms in total. The summed E-state index contributed by atoms with van der Waals surface area (Å²) in [5.41, 5.74) is 3.18. The largest absolute Gasteiger partial charge is 0.493 e. The highest BCUT2D eigenvalue weighted by Crippen LogP contribution is 2.30. The zero-order valence-corrected chi connectivity index (χ0v) is 16.9. The van der Waals surface area contributed by atoms with Crippen molar-refractivity contribution >= 4 is 22.6 Å². The van der Waals surface area contributed by atoms with E-state index < -0.39 is 6.04 Å². The molecule has 2 aromatic carbocycles. The third-order valence-electron chi connectivity index (χ3n) is 5.35. The number of nitrogens with two attached hydrogens (primary N) is 1. The number of carbonyl (C=O) groups is 2. The average Bonchev–Trinajstić information content (AvgIpc) is 2.74. The quantitative estimate of drug-likeness (QED) is 0.260. The monoisotopic (exact) mass is 398 g/mol. The molecule has 0 saturated carbocycles. The Morgan fingerprint density at radius 1 is 1.28 bits per heavy atom. The molecule has 1 aliphatic rings. The molecule has 2 amide bonds. The molecule has 4 N–H and O–H groups in total. The molecule has 1 fully saturated rings. The van der Waals surface area contributed by atoms with Gasteiger partial charge in [0, 0.05) is 25.2 Å². The summed E-state index contributed by atoms with van der Waals surface area (Å²) in [7, 11) is 0. The van der Waals surface area contributed by atoms with Crippen LogP contribution in [-0.2, 0) is 16.1 Å². The molecule has 1 unspecified atom stereocenters. The van der Waals surface area contributed by atoms with Crippen LogP contribution in [0.3, 0.4) is 0 Å². The van der Waals surface area contributed by atoms with E-state index >= 15 is 0 Å². The number of nitrogens with one attached hydrogen (secondary N) is 2. The molecule has 2 aromatic rings. The highest BCUT2D eigenvalue weighted by Gasteiger charge is 2.32. The van der Waals surface area contributed by atoms with Crippen molar-refractivity contribution in [1.82, 2.24) is 15.6 Å². The highest BCUT2D eigenvalue weighted by atomic mass is 16.5. The normalized spacial score (nSPS) is 17.2. The third-order valence-corrected chi connectivity index (χ3v) is 5.35. The van der Waals surface area contributed by atoms with Crippen LogP contribution in [0.4, 0.5) is 0 Å². The second kappa shape index (κ2) is 10.2. The van der Waals surface area contributed by atoms with Crippen LogP contribution in [0.1, 0.15) is 38.2 Å². The van der Waals surface area contributed by atoms with Gasteiger partial charge in [-0.2, -0.15) is 0 Å². The van der Waals surface area contributed by atoms with Crippen molar-refractivity contribution in [2.24, 2.45) is 5.84 Å². The Hall–Kier alpha value is -2.64. The number of unbranched alkanes of at least 4 members (excludes halogenated alkanes) is 2. The first-order valence-corrected chi connectivity index (χ1v) is 10.3. The van der Waals surface area contributed by atoms with E-state index in [4.69, 9.17) is 10.6 Å². The maximum atomic E-state index is 12.4. The zero-order valence-electron chi connectivity index (χ0n) is 16.9. The standard InChI is InChI=1S/C22H30N4O3/c1-2-3-6-13-29-20-10-9-16-7-4-5-8-17(16)18(20)15-26-12-11-24-22(28)19(26)14-21(27)25-23/h4-5,7-10,19H,2-3,6,11-15,23H2,1H3,(H,24,28)(H,25,27). The predicted molar refractivity (Wildman–Crippen MR) is 113 cm³/mol. The minimum atomic E-state index is -0.556. The second-order valence-corrected chi connectivity index (χ2v) is 7.37. The molecule has 156 valence electrons. The van der Waals surface area contributed by atoms with E-state index in [1.165, 1.54) is 0 Å². The van der Waals surface area contributed by atoms with Gasteiger partial charge in [0.1, 0.15) is 5.75 Å². The average molecular weight is 399 g/mol. The van der Waals surface area contributed by atoms with E-state index in [0.717, 1.165) is 41.3 Å². The lowest BCUT2D eigenvalue weighted by Crippen LogP contribution is -2.56. The summed E-state index contributed by atoms with van der Waals surface area (Å²) in [5.74, 6) is 5.58. The number of fused-ring (bicyclic) bond motifs is 1. The lowest BCUT2D eigenvalue weighted by atomic mass is 10.0. The molecular formula is C22H30N4O3. The molecular weight excluding hydrogens is 368 g/mol. The first-order valence-electron chi connectivity index (χ1n) is 10.3. The number of nitrogens with zero attached hydrogens (tertiary/aromatic N) is 1. The van der Waals surface area contributed by atoms with Crippen LogP contribution in [0.5, 0.6) is 5.75 Å². The van der Waals surface area contributed by atoms with Crippen molar-refractivity contribution in [1.29, 1.82) is 0 Å². The minimum Gasteiger partial charge on any atom is -0.493 e. The van der Waals surface area contributed by atoms with Gasteiger partial charge in [-0.25, -0.2) is 5.84 Å². The van der Waals surface area contributed by atoms with Gasteiger partial charge in [-0.15, -0.1) is 0 Å². The van der Waals surface area contributed by atoms with Gasteiger partial charge in [-0.3, -0.25) is 19.9 Å². The van der Waals surface area contributed by atoms with Gasteiger partial charge in [0.15, 0.2) is 0 Å². The number of hydrogen-bond acceptors (Lipinski definition) is 5. The molecule has 0 aromatic heterocycles. The summed E-state index contributed by atoms with van der Waals surface area (Å²) in [4.78, 5) is 26.3. The predicted octanol–water partition coefficient (Wildman–Crippen LogP) is 2.09. The fourth-order valence-electron chi connectivity index (χ4n) is 3.76. The Morgan fingerprint density at radius 2 is 2.10 bits per heavy atom. The zero-order chi connectivity index (χ0) is 20.6. The van der Waals surface area contributed by atoms with Crippen LogP contribution in [0, 0.1) is 0 Å². The minimum absolute atomic E-state index is 0.0276. The van der Waals surface area contributed by atoms with Gasteiger partial charge in [-0.1, -0.05) is 50.1 Å². The topological polar surface area (TPSA) is 96.7 Å². The lowest BCUT2D eigenvalue weighted by Gasteiger charge is -2.35. The third kappa shape index (κ3) is 5.25. The maximum Gasteiger partial charge on any atom is 0.237 e. The summed E-state index contributed by atoms with van der Waals surface area (Å²) >= 11 is 0. The van der Waals surface area contributed by atoms with Crippen molar-refractivity contribution in [3.8, 4) is 5.75 Å². The first-order chi connectivity index (χ1) is 14.1. The SMILES string of the molecule is CCCCCOc1ccc2ccccc2c1CN1CCNC(=O)C1CC(=O)NN. The Morgan fingerprint density at radius 3 is 2.90 bits per heavy atom. The van der Waals surface area contributed by atoms with Crippen LogP contribution >= 0.6 is 0 Å².